The van der Waals surface area contributed by atoms with Crippen molar-refractivity contribution in [1.82, 2.24) is 9.97 Å². The van der Waals surface area contributed by atoms with E-state index in [-0.39, 0.29) is 11.6 Å². The van der Waals surface area contributed by atoms with E-state index in [9.17, 15) is 10.1 Å². The number of aromatic nitrogens is 2. The van der Waals surface area contributed by atoms with Crippen LogP contribution in [0.25, 0.3) is 0 Å². The average Bonchev–Trinajstić information content (AvgIpc) is 2.80. The molecule has 31 heavy (non-hydrogen) atoms. The molecule has 2 aromatic carbocycles. The number of hydrogen-bond acceptors (Lipinski definition) is 7. The summed E-state index contributed by atoms with van der Waals surface area (Å²) in [5.41, 5.74) is 2.11. The smallest absolute Gasteiger partial charge is 0.373 e. The van der Waals surface area contributed by atoms with Crippen molar-refractivity contribution >= 4 is 17.2 Å². The maximum absolute atomic E-state index is 11.9. The molecule has 1 aromatic heterocycles. The van der Waals surface area contributed by atoms with Crippen molar-refractivity contribution in [3.63, 3.8) is 0 Å². The monoisotopic (exact) mass is 419 g/mol. The molecule has 8 heteroatoms. The number of ether oxygens (including phenoxy) is 1. The molecule has 1 fully saturated rings. The zero-order valence-electron chi connectivity index (χ0n) is 17.6. The van der Waals surface area contributed by atoms with E-state index in [1.54, 1.807) is 12.1 Å². The van der Waals surface area contributed by atoms with E-state index >= 15 is 0 Å². The Balaban J connectivity index is 1.54. The maximum Gasteiger partial charge on any atom is 0.373 e. The summed E-state index contributed by atoms with van der Waals surface area (Å²) in [6, 6.07) is 17.7. The highest BCUT2D eigenvalue weighted by atomic mass is 16.6. The van der Waals surface area contributed by atoms with Gasteiger partial charge < -0.3 is 14.5 Å². The van der Waals surface area contributed by atoms with Crippen molar-refractivity contribution in [3.05, 3.63) is 76.6 Å². The summed E-state index contributed by atoms with van der Waals surface area (Å²) in [6.45, 7) is 6.95. The number of hydrogen-bond donors (Lipinski definition) is 0. The van der Waals surface area contributed by atoms with Crippen LogP contribution in [0, 0.1) is 10.1 Å². The summed E-state index contributed by atoms with van der Waals surface area (Å²) >= 11 is 0. The van der Waals surface area contributed by atoms with Crippen molar-refractivity contribution < 1.29 is 9.66 Å². The van der Waals surface area contributed by atoms with Crippen LogP contribution in [-0.2, 0) is 0 Å². The second-order valence-corrected chi connectivity index (χ2v) is 7.74. The number of benzene rings is 2. The highest BCUT2D eigenvalue weighted by Gasteiger charge is 2.30. The fourth-order valence-corrected chi connectivity index (χ4v) is 3.67. The number of para-hydroxylation sites is 1. The molecule has 1 aliphatic heterocycles. The van der Waals surface area contributed by atoms with Crippen LogP contribution >= 0.6 is 0 Å². The summed E-state index contributed by atoms with van der Waals surface area (Å²) in [4.78, 5) is 23.9. The standard InChI is InChI=1S/C23H25N5O3/c1-17(2)18-8-10-20(11-9-18)31-23-21(28(29)30)22(24-16-25-23)27-14-12-26(13-15-27)19-6-4-3-5-7-19/h3-11,16-17H,12-15H2,1-2H3. The Kier molecular flexibility index (Phi) is 5.97. The van der Waals surface area contributed by atoms with Gasteiger partial charge in [-0.25, -0.2) is 4.98 Å². The van der Waals surface area contributed by atoms with Crippen molar-refractivity contribution in [2.75, 3.05) is 36.0 Å². The van der Waals surface area contributed by atoms with E-state index in [1.165, 1.54) is 11.9 Å². The van der Waals surface area contributed by atoms with Gasteiger partial charge in [-0.1, -0.05) is 44.2 Å². The van der Waals surface area contributed by atoms with Crippen LogP contribution in [0.4, 0.5) is 17.2 Å². The van der Waals surface area contributed by atoms with E-state index < -0.39 is 4.92 Å². The summed E-state index contributed by atoms with van der Waals surface area (Å²) in [5.74, 6) is 1.15. The maximum atomic E-state index is 11.9. The van der Waals surface area contributed by atoms with Crippen LogP contribution in [-0.4, -0.2) is 41.1 Å². The lowest BCUT2D eigenvalue weighted by Crippen LogP contribution is -2.47. The van der Waals surface area contributed by atoms with Gasteiger partial charge in [0.2, 0.25) is 5.82 Å². The summed E-state index contributed by atoms with van der Waals surface area (Å²) < 4.78 is 5.80. The van der Waals surface area contributed by atoms with Crippen LogP contribution in [0.3, 0.4) is 0 Å². The van der Waals surface area contributed by atoms with Gasteiger partial charge in [0.05, 0.1) is 4.92 Å². The predicted octanol–water partition coefficient (Wildman–Crippen LogP) is 4.63. The topological polar surface area (TPSA) is 84.6 Å². The first-order valence-corrected chi connectivity index (χ1v) is 10.3. The van der Waals surface area contributed by atoms with E-state index in [2.05, 4.69) is 40.8 Å². The number of piperazine rings is 1. The molecule has 0 N–H and O–H groups in total. The van der Waals surface area contributed by atoms with Crippen molar-refractivity contribution in [2.45, 2.75) is 19.8 Å². The fourth-order valence-electron chi connectivity index (χ4n) is 3.67. The van der Waals surface area contributed by atoms with E-state index in [4.69, 9.17) is 4.74 Å². The molecule has 0 saturated carbocycles. The minimum atomic E-state index is -0.462. The number of nitrogens with zero attached hydrogens (tertiary/aromatic N) is 5. The van der Waals surface area contributed by atoms with Crippen molar-refractivity contribution in [2.24, 2.45) is 0 Å². The molecule has 4 rings (SSSR count). The Morgan fingerprint density at radius 3 is 2.19 bits per heavy atom. The molecule has 1 saturated heterocycles. The summed E-state index contributed by atoms with van der Waals surface area (Å²) in [7, 11) is 0. The van der Waals surface area contributed by atoms with Crippen LogP contribution in [0.5, 0.6) is 11.6 Å². The third kappa shape index (κ3) is 4.58. The third-order valence-corrected chi connectivity index (χ3v) is 5.41. The van der Waals surface area contributed by atoms with Gasteiger partial charge in [-0.15, -0.1) is 0 Å². The molecular formula is C23H25N5O3. The molecule has 2 heterocycles. The molecule has 8 nitrogen and oxygen atoms in total. The van der Waals surface area contributed by atoms with Gasteiger partial charge in [0.15, 0.2) is 0 Å². The number of nitro groups is 1. The Morgan fingerprint density at radius 2 is 1.58 bits per heavy atom. The minimum Gasteiger partial charge on any atom is -0.434 e. The van der Waals surface area contributed by atoms with Crippen molar-refractivity contribution in [3.8, 4) is 11.6 Å². The third-order valence-electron chi connectivity index (χ3n) is 5.41. The normalized spacial score (nSPS) is 14.0. The van der Waals surface area contributed by atoms with E-state index in [1.807, 2.05) is 35.2 Å². The number of rotatable bonds is 6. The van der Waals surface area contributed by atoms with Gasteiger partial charge in [0.25, 0.3) is 0 Å². The average molecular weight is 419 g/mol. The van der Waals surface area contributed by atoms with Crippen LogP contribution in [0.2, 0.25) is 0 Å². The highest BCUT2D eigenvalue weighted by Crippen LogP contribution is 2.36. The molecule has 0 atom stereocenters. The van der Waals surface area contributed by atoms with Gasteiger partial charge >= 0.3 is 11.6 Å². The van der Waals surface area contributed by atoms with Crippen LogP contribution < -0.4 is 14.5 Å². The number of anilines is 2. The van der Waals surface area contributed by atoms with Gasteiger partial charge in [-0.2, -0.15) is 4.98 Å². The molecule has 0 spiro atoms. The van der Waals surface area contributed by atoms with Crippen LogP contribution in [0.1, 0.15) is 25.3 Å². The Labute approximate surface area is 181 Å². The zero-order chi connectivity index (χ0) is 21.8. The van der Waals surface area contributed by atoms with Crippen molar-refractivity contribution in [1.29, 1.82) is 0 Å². The highest BCUT2D eigenvalue weighted by molar-refractivity contribution is 5.64. The molecule has 0 radical (unpaired) electrons. The largest absolute Gasteiger partial charge is 0.434 e. The minimum absolute atomic E-state index is 0.0437. The summed E-state index contributed by atoms with van der Waals surface area (Å²) in [6.07, 6.45) is 1.32. The van der Waals surface area contributed by atoms with Gasteiger partial charge in [-0.3, -0.25) is 10.1 Å². The lowest BCUT2D eigenvalue weighted by molar-refractivity contribution is -0.385. The molecule has 0 unspecified atom stereocenters. The molecule has 3 aromatic rings. The molecular weight excluding hydrogens is 394 g/mol. The fraction of sp³-hybridized carbons (Fsp3) is 0.304. The SMILES string of the molecule is CC(C)c1ccc(Oc2ncnc(N3CCN(c4ccccc4)CC3)c2[N+](=O)[O-])cc1. The molecule has 1 aliphatic rings. The second kappa shape index (κ2) is 8.99. The van der Waals surface area contributed by atoms with Gasteiger partial charge in [0, 0.05) is 31.9 Å². The van der Waals surface area contributed by atoms with E-state index in [0.717, 1.165) is 18.8 Å². The zero-order valence-corrected chi connectivity index (χ0v) is 17.6. The molecule has 0 aliphatic carbocycles. The predicted molar refractivity (Wildman–Crippen MR) is 120 cm³/mol. The van der Waals surface area contributed by atoms with Gasteiger partial charge in [0.1, 0.15) is 12.1 Å². The first-order chi connectivity index (χ1) is 15.0. The Morgan fingerprint density at radius 1 is 0.935 bits per heavy atom. The first kappa shape index (κ1) is 20.6. The lowest BCUT2D eigenvalue weighted by Gasteiger charge is -2.36. The van der Waals surface area contributed by atoms with Crippen LogP contribution in [0.15, 0.2) is 60.9 Å². The lowest BCUT2D eigenvalue weighted by atomic mass is 10.0. The Hall–Kier alpha value is -3.68. The summed E-state index contributed by atoms with van der Waals surface area (Å²) in [5, 5.41) is 11.9. The molecule has 160 valence electrons. The molecule has 0 amide bonds. The van der Waals surface area contributed by atoms with E-state index in [0.29, 0.717) is 30.6 Å². The van der Waals surface area contributed by atoms with Gasteiger partial charge in [-0.05, 0) is 35.7 Å². The molecule has 0 bridgehead atoms. The second-order valence-electron chi connectivity index (χ2n) is 7.74. The Bertz CT molecular complexity index is 1030. The quantitative estimate of drug-likeness (QED) is 0.425. The first-order valence-electron chi connectivity index (χ1n) is 10.3.